The summed E-state index contributed by atoms with van der Waals surface area (Å²) in [6, 6.07) is 0. The number of ether oxygens (including phenoxy) is 1. The first kappa shape index (κ1) is 11.1. The van der Waals surface area contributed by atoms with Crippen molar-refractivity contribution in [3.63, 3.8) is 0 Å². The minimum absolute atomic E-state index is 0.0794. The molecule has 0 fully saturated rings. The van der Waals surface area contributed by atoms with Crippen LogP contribution in [0.4, 0.5) is 5.82 Å². The lowest BCUT2D eigenvalue weighted by Gasteiger charge is -2.07. The van der Waals surface area contributed by atoms with Crippen molar-refractivity contribution >= 4 is 11.8 Å². The Hall–Kier alpha value is -2.44. The number of carbonyl (C=O) groups excluding carboxylic acids is 1. The van der Waals surface area contributed by atoms with Gasteiger partial charge in [0.25, 0.3) is 0 Å². The highest BCUT2D eigenvalue weighted by atomic mass is 16.5. The number of aromatic nitrogens is 4. The van der Waals surface area contributed by atoms with Gasteiger partial charge in [0.1, 0.15) is 11.4 Å². The molecule has 2 heterocycles. The Morgan fingerprint density at radius 3 is 2.76 bits per heavy atom. The second-order valence-electron chi connectivity index (χ2n) is 3.32. The highest BCUT2D eigenvalue weighted by Gasteiger charge is 2.18. The molecule has 0 unspecified atom stereocenters. The van der Waals surface area contributed by atoms with E-state index in [2.05, 4.69) is 24.7 Å². The summed E-state index contributed by atoms with van der Waals surface area (Å²) < 4.78 is 4.61. The molecule has 7 heteroatoms. The highest BCUT2D eigenvalue weighted by Crippen LogP contribution is 2.18. The van der Waals surface area contributed by atoms with Gasteiger partial charge in [-0.25, -0.2) is 19.7 Å². The third kappa shape index (κ3) is 1.94. The number of rotatable bonds is 2. The zero-order valence-corrected chi connectivity index (χ0v) is 9.39. The number of H-pyrrole nitrogens is 1. The molecule has 2 aromatic rings. The number of hydrogen-bond acceptors (Lipinski definition) is 6. The number of aromatic amines is 1. The van der Waals surface area contributed by atoms with Crippen LogP contribution in [0.1, 0.15) is 16.1 Å². The lowest BCUT2D eigenvalue weighted by Crippen LogP contribution is -2.12. The van der Waals surface area contributed by atoms with E-state index in [1.54, 1.807) is 19.3 Å². The number of nitrogens with one attached hydrogen (secondary N) is 1. The maximum Gasteiger partial charge on any atom is 0.343 e. The monoisotopic (exact) mass is 233 g/mol. The molecule has 0 saturated heterocycles. The van der Waals surface area contributed by atoms with Gasteiger partial charge >= 0.3 is 5.97 Å². The number of nitrogen functional groups attached to an aromatic ring is 1. The van der Waals surface area contributed by atoms with Crippen LogP contribution < -0.4 is 5.73 Å². The molecular formula is C10H11N5O2. The maximum absolute atomic E-state index is 11.4. The van der Waals surface area contributed by atoms with Crippen LogP contribution in [-0.2, 0) is 4.74 Å². The van der Waals surface area contributed by atoms with Gasteiger partial charge in [-0.05, 0) is 6.92 Å². The summed E-state index contributed by atoms with van der Waals surface area (Å²) in [5.41, 5.74) is 6.35. The predicted molar refractivity (Wildman–Crippen MR) is 60.1 cm³/mol. The summed E-state index contributed by atoms with van der Waals surface area (Å²) in [5, 5.41) is 0. The summed E-state index contributed by atoms with van der Waals surface area (Å²) in [5.74, 6) is 0.371. The number of carbonyl (C=O) groups is 1. The van der Waals surface area contributed by atoms with Crippen LogP contribution in [0.5, 0.6) is 0 Å². The minimum atomic E-state index is -0.550. The van der Waals surface area contributed by atoms with Crippen LogP contribution in [0.3, 0.4) is 0 Å². The first-order valence-corrected chi connectivity index (χ1v) is 4.85. The van der Waals surface area contributed by atoms with E-state index in [0.29, 0.717) is 17.3 Å². The SMILES string of the molecule is COC(=O)c1c(C)nc(-c2ncc[nH]2)nc1N. The Balaban J connectivity index is 2.53. The number of hydrogen-bond donors (Lipinski definition) is 2. The molecule has 2 aromatic heterocycles. The fourth-order valence-corrected chi connectivity index (χ4v) is 1.44. The van der Waals surface area contributed by atoms with E-state index in [1.165, 1.54) is 7.11 Å². The molecule has 0 aliphatic carbocycles. The molecule has 2 rings (SSSR count). The largest absolute Gasteiger partial charge is 0.465 e. The summed E-state index contributed by atoms with van der Waals surface area (Å²) in [6.45, 7) is 1.66. The second-order valence-corrected chi connectivity index (χ2v) is 3.32. The van der Waals surface area contributed by atoms with Crippen LogP contribution >= 0.6 is 0 Å². The number of esters is 1. The van der Waals surface area contributed by atoms with E-state index < -0.39 is 5.97 Å². The van der Waals surface area contributed by atoms with Crippen molar-refractivity contribution < 1.29 is 9.53 Å². The Kier molecular flexibility index (Phi) is 2.73. The number of aryl methyl sites for hydroxylation is 1. The van der Waals surface area contributed by atoms with E-state index in [1.807, 2.05) is 0 Å². The number of nitrogens with two attached hydrogens (primary N) is 1. The molecule has 0 aliphatic heterocycles. The average Bonchev–Trinajstić information content (AvgIpc) is 2.81. The molecule has 3 N–H and O–H groups in total. The van der Waals surface area contributed by atoms with Crippen molar-refractivity contribution in [1.82, 2.24) is 19.9 Å². The quantitative estimate of drug-likeness (QED) is 0.733. The normalized spacial score (nSPS) is 10.2. The van der Waals surface area contributed by atoms with Crippen LogP contribution in [0, 0.1) is 6.92 Å². The van der Waals surface area contributed by atoms with Gasteiger partial charge in [0.2, 0.25) is 0 Å². The molecule has 0 bridgehead atoms. The number of nitrogens with zero attached hydrogens (tertiary/aromatic N) is 3. The molecular weight excluding hydrogens is 222 g/mol. The molecule has 0 atom stereocenters. The fraction of sp³-hybridized carbons (Fsp3) is 0.200. The van der Waals surface area contributed by atoms with E-state index in [0.717, 1.165) is 0 Å². The summed E-state index contributed by atoms with van der Waals surface area (Å²) in [7, 11) is 1.28. The fourth-order valence-electron chi connectivity index (χ4n) is 1.44. The maximum atomic E-state index is 11.4. The third-order valence-electron chi connectivity index (χ3n) is 2.22. The Labute approximate surface area is 97.1 Å². The van der Waals surface area contributed by atoms with Crippen molar-refractivity contribution in [2.75, 3.05) is 12.8 Å². The Bertz CT molecular complexity index is 527. The standard InChI is InChI=1S/C10H11N5O2/c1-5-6(10(16)17-2)7(11)15-9(14-5)8-12-3-4-13-8/h3-4H,1-2H3,(H,12,13)(H2,11,14,15). The van der Waals surface area contributed by atoms with Crippen molar-refractivity contribution in [2.45, 2.75) is 6.92 Å². The van der Waals surface area contributed by atoms with Crippen molar-refractivity contribution in [2.24, 2.45) is 0 Å². The molecule has 0 radical (unpaired) electrons. The van der Waals surface area contributed by atoms with E-state index >= 15 is 0 Å². The van der Waals surface area contributed by atoms with Gasteiger partial charge in [0.15, 0.2) is 11.6 Å². The molecule has 0 spiro atoms. The van der Waals surface area contributed by atoms with E-state index in [-0.39, 0.29) is 11.4 Å². The van der Waals surface area contributed by atoms with E-state index in [4.69, 9.17) is 5.73 Å². The Morgan fingerprint density at radius 2 is 2.24 bits per heavy atom. The van der Waals surface area contributed by atoms with Gasteiger partial charge in [-0.15, -0.1) is 0 Å². The number of imidazole rings is 1. The van der Waals surface area contributed by atoms with Crippen LogP contribution in [0.25, 0.3) is 11.6 Å². The Morgan fingerprint density at radius 1 is 1.47 bits per heavy atom. The van der Waals surface area contributed by atoms with Crippen molar-refractivity contribution in [1.29, 1.82) is 0 Å². The first-order chi connectivity index (χ1) is 8.13. The molecule has 7 nitrogen and oxygen atoms in total. The lowest BCUT2D eigenvalue weighted by atomic mass is 10.2. The second kappa shape index (κ2) is 4.20. The first-order valence-electron chi connectivity index (χ1n) is 4.85. The highest BCUT2D eigenvalue weighted by molar-refractivity contribution is 5.95. The lowest BCUT2D eigenvalue weighted by molar-refractivity contribution is 0.0600. The molecule has 17 heavy (non-hydrogen) atoms. The topological polar surface area (TPSA) is 107 Å². The molecule has 0 saturated carbocycles. The van der Waals surface area contributed by atoms with Crippen molar-refractivity contribution in [3.05, 3.63) is 23.7 Å². The van der Waals surface area contributed by atoms with Crippen molar-refractivity contribution in [3.8, 4) is 11.6 Å². The van der Waals surface area contributed by atoms with Crippen LogP contribution in [0.15, 0.2) is 12.4 Å². The molecule has 0 aromatic carbocycles. The van der Waals surface area contributed by atoms with Crippen LogP contribution in [0.2, 0.25) is 0 Å². The summed E-state index contributed by atoms with van der Waals surface area (Å²) in [6.07, 6.45) is 3.23. The van der Waals surface area contributed by atoms with Gasteiger partial charge in [-0.2, -0.15) is 0 Å². The molecule has 0 aliphatic rings. The zero-order valence-electron chi connectivity index (χ0n) is 9.39. The number of methoxy groups -OCH3 is 1. The summed E-state index contributed by atoms with van der Waals surface area (Å²) in [4.78, 5) is 26.5. The van der Waals surface area contributed by atoms with Crippen LogP contribution in [-0.4, -0.2) is 33.0 Å². The van der Waals surface area contributed by atoms with Gasteiger partial charge in [0, 0.05) is 12.4 Å². The van der Waals surface area contributed by atoms with E-state index in [9.17, 15) is 4.79 Å². The summed E-state index contributed by atoms with van der Waals surface area (Å²) >= 11 is 0. The average molecular weight is 233 g/mol. The number of anilines is 1. The van der Waals surface area contributed by atoms with Gasteiger partial charge < -0.3 is 15.5 Å². The predicted octanol–water partition coefficient (Wildman–Crippen LogP) is 0.544. The van der Waals surface area contributed by atoms with Gasteiger partial charge in [-0.1, -0.05) is 0 Å². The third-order valence-corrected chi connectivity index (χ3v) is 2.22. The van der Waals surface area contributed by atoms with Gasteiger partial charge in [-0.3, -0.25) is 0 Å². The minimum Gasteiger partial charge on any atom is -0.465 e. The smallest absolute Gasteiger partial charge is 0.343 e. The zero-order chi connectivity index (χ0) is 12.4. The molecule has 88 valence electrons. The van der Waals surface area contributed by atoms with Gasteiger partial charge in [0.05, 0.1) is 12.8 Å². The molecule has 0 amide bonds.